The maximum Gasteiger partial charge on any atom is 0.253 e. The van der Waals surface area contributed by atoms with E-state index in [4.69, 9.17) is 11.6 Å². The van der Waals surface area contributed by atoms with E-state index >= 15 is 0 Å². The quantitative estimate of drug-likeness (QED) is 0.887. The molecule has 1 saturated heterocycles. The van der Waals surface area contributed by atoms with Gasteiger partial charge in [-0.15, -0.1) is 0 Å². The van der Waals surface area contributed by atoms with Gasteiger partial charge in [-0.2, -0.15) is 0 Å². The number of nitrogens with one attached hydrogen (secondary N) is 1. The second-order valence-corrected chi connectivity index (χ2v) is 6.66. The number of benzene rings is 2. The summed E-state index contributed by atoms with van der Waals surface area (Å²) in [6, 6.07) is 12.0. The van der Waals surface area contributed by atoms with Crippen molar-refractivity contribution in [2.45, 2.75) is 25.8 Å². The summed E-state index contributed by atoms with van der Waals surface area (Å²) in [6.07, 6.45) is 1.81. The molecule has 0 saturated carbocycles. The minimum atomic E-state index is -0.262. The number of halogens is 2. The molecule has 3 rings (SSSR count). The summed E-state index contributed by atoms with van der Waals surface area (Å²) in [5.41, 5.74) is 2.13. The first-order chi connectivity index (χ1) is 11.5. The summed E-state index contributed by atoms with van der Waals surface area (Å²) in [5, 5.41) is 3.86. The number of anilines is 1. The van der Waals surface area contributed by atoms with Crippen molar-refractivity contribution in [3.8, 4) is 0 Å². The summed E-state index contributed by atoms with van der Waals surface area (Å²) in [4.78, 5) is 14.4. The van der Waals surface area contributed by atoms with E-state index in [0.717, 1.165) is 24.9 Å². The van der Waals surface area contributed by atoms with Crippen LogP contribution in [-0.2, 0) is 0 Å². The molecule has 0 bridgehead atoms. The van der Waals surface area contributed by atoms with Crippen molar-refractivity contribution in [3.63, 3.8) is 0 Å². The van der Waals surface area contributed by atoms with Crippen molar-refractivity contribution in [1.82, 2.24) is 4.90 Å². The molecule has 1 fully saturated rings. The maximum absolute atomic E-state index is 13.9. The van der Waals surface area contributed by atoms with Crippen molar-refractivity contribution in [3.05, 3.63) is 64.4 Å². The van der Waals surface area contributed by atoms with E-state index in [1.165, 1.54) is 6.07 Å². The zero-order valence-electron chi connectivity index (χ0n) is 13.6. The first-order valence-corrected chi connectivity index (χ1v) is 8.48. The zero-order valence-corrected chi connectivity index (χ0v) is 14.3. The molecule has 1 N–H and O–H groups in total. The Bertz CT molecular complexity index is 733. The Labute approximate surface area is 146 Å². The molecule has 2 aromatic carbocycles. The summed E-state index contributed by atoms with van der Waals surface area (Å²) in [7, 11) is 0. The largest absolute Gasteiger partial charge is 0.378 e. The molecule has 24 heavy (non-hydrogen) atoms. The number of nitrogens with zero attached hydrogens (tertiary/aromatic N) is 1. The van der Waals surface area contributed by atoms with Crippen molar-refractivity contribution in [2.24, 2.45) is 0 Å². The monoisotopic (exact) mass is 346 g/mol. The van der Waals surface area contributed by atoms with E-state index in [2.05, 4.69) is 5.32 Å². The number of carbonyl (C=O) groups is 1. The van der Waals surface area contributed by atoms with Crippen LogP contribution in [0.2, 0.25) is 5.02 Å². The normalized spacial score (nSPS) is 17.6. The first-order valence-electron chi connectivity index (χ1n) is 8.10. The van der Waals surface area contributed by atoms with Gasteiger partial charge in [0.25, 0.3) is 5.91 Å². The van der Waals surface area contributed by atoms with Crippen LogP contribution in [-0.4, -0.2) is 29.9 Å². The predicted molar refractivity (Wildman–Crippen MR) is 95.1 cm³/mol. The van der Waals surface area contributed by atoms with Crippen LogP contribution in [0.1, 0.15) is 28.8 Å². The average Bonchev–Trinajstić information content (AvgIpc) is 2.58. The van der Waals surface area contributed by atoms with Gasteiger partial charge in [-0.25, -0.2) is 4.39 Å². The molecule has 1 heterocycles. The van der Waals surface area contributed by atoms with E-state index in [1.807, 2.05) is 11.8 Å². The molecule has 0 aliphatic carbocycles. The number of hydrogen-bond acceptors (Lipinski definition) is 2. The van der Waals surface area contributed by atoms with Gasteiger partial charge in [-0.05, 0) is 61.7 Å². The molecule has 1 aliphatic rings. The average molecular weight is 347 g/mol. The highest BCUT2D eigenvalue weighted by atomic mass is 35.5. The SMILES string of the molecule is Cc1ccc(F)c(NC2CCCN(C(=O)c3ccc(Cl)cc3)C2)c1. The van der Waals surface area contributed by atoms with Gasteiger partial charge >= 0.3 is 0 Å². The van der Waals surface area contributed by atoms with E-state index in [-0.39, 0.29) is 17.8 Å². The standard InChI is InChI=1S/C19H20ClFN2O/c1-13-4-9-17(21)18(11-13)22-16-3-2-10-23(12-16)19(24)14-5-7-15(20)8-6-14/h4-9,11,16,22H,2-3,10,12H2,1H3. The van der Waals surface area contributed by atoms with Gasteiger partial charge < -0.3 is 10.2 Å². The Morgan fingerprint density at radius 2 is 2.00 bits per heavy atom. The predicted octanol–water partition coefficient (Wildman–Crippen LogP) is 4.50. The van der Waals surface area contributed by atoms with E-state index in [0.29, 0.717) is 22.8 Å². The van der Waals surface area contributed by atoms with Crippen LogP contribution in [0.4, 0.5) is 10.1 Å². The Morgan fingerprint density at radius 1 is 1.25 bits per heavy atom. The third-order valence-corrected chi connectivity index (χ3v) is 4.53. The first kappa shape index (κ1) is 16.8. The fourth-order valence-electron chi connectivity index (χ4n) is 3.02. The van der Waals surface area contributed by atoms with E-state index in [1.54, 1.807) is 36.4 Å². The number of piperidine rings is 1. The van der Waals surface area contributed by atoms with Crippen LogP contribution in [0.15, 0.2) is 42.5 Å². The second-order valence-electron chi connectivity index (χ2n) is 6.22. The van der Waals surface area contributed by atoms with Gasteiger partial charge in [-0.1, -0.05) is 17.7 Å². The lowest BCUT2D eigenvalue weighted by Crippen LogP contribution is -2.45. The Morgan fingerprint density at radius 3 is 2.75 bits per heavy atom. The summed E-state index contributed by atoms with van der Waals surface area (Å²) in [6.45, 7) is 3.21. The smallest absolute Gasteiger partial charge is 0.253 e. The lowest BCUT2D eigenvalue weighted by molar-refractivity contribution is 0.0715. The molecule has 2 aromatic rings. The van der Waals surface area contributed by atoms with E-state index < -0.39 is 0 Å². The molecule has 5 heteroatoms. The molecular formula is C19H20ClFN2O. The fourth-order valence-corrected chi connectivity index (χ4v) is 3.15. The van der Waals surface area contributed by atoms with Crippen LogP contribution in [0.3, 0.4) is 0 Å². The Balaban J connectivity index is 1.69. The number of likely N-dealkylation sites (tertiary alicyclic amines) is 1. The third kappa shape index (κ3) is 3.88. The molecule has 0 radical (unpaired) electrons. The van der Waals surface area contributed by atoms with Gasteiger partial charge in [0.05, 0.1) is 5.69 Å². The van der Waals surface area contributed by atoms with Crippen molar-refractivity contribution >= 4 is 23.2 Å². The molecule has 1 unspecified atom stereocenters. The van der Waals surface area contributed by atoms with Crippen molar-refractivity contribution in [2.75, 3.05) is 18.4 Å². The van der Waals surface area contributed by atoms with E-state index in [9.17, 15) is 9.18 Å². The summed E-state index contributed by atoms with van der Waals surface area (Å²) >= 11 is 5.87. The summed E-state index contributed by atoms with van der Waals surface area (Å²) in [5.74, 6) is -0.273. The molecule has 126 valence electrons. The van der Waals surface area contributed by atoms with Gasteiger partial charge in [0.15, 0.2) is 0 Å². The number of aryl methyl sites for hydroxylation is 1. The van der Waals surface area contributed by atoms with Gasteiger partial charge in [-0.3, -0.25) is 4.79 Å². The highest BCUT2D eigenvalue weighted by Gasteiger charge is 2.25. The molecule has 0 aromatic heterocycles. The van der Waals surface area contributed by atoms with Crippen LogP contribution in [0.5, 0.6) is 0 Å². The number of carbonyl (C=O) groups excluding carboxylic acids is 1. The Kier molecular flexibility index (Phi) is 5.05. The number of hydrogen-bond donors (Lipinski definition) is 1. The Hall–Kier alpha value is -2.07. The second kappa shape index (κ2) is 7.22. The fraction of sp³-hybridized carbons (Fsp3) is 0.316. The minimum Gasteiger partial charge on any atom is -0.378 e. The molecule has 1 aliphatic heterocycles. The van der Waals surface area contributed by atoms with Crippen LogP contribution in [0.25, 0.3) is 0 Å². The molecule has 3 nitrogen and oxygen atoms in total. The van der Waals surface area contributed by atoms with Crippen molar-refractivity contribution in [1.29, 1.82) is 0 Å². The minimum absolute atomic E-state index is 0.0112. The van der Waals surface area contributed by atoms with Gasteiger partial charge in [0, 0.05) is 29.7 Å². The highest BCUT2D eigenvalue weighted by molar-refractivity contribution is 6.30. The lowest BCUT2D eigenvalue weighted by Gasteiger charge is -2.34. The lowest BCUT2D eigenvalue weighted by atomic mass is 10.0. The third-order valence-electron chi connectivity index (χ3n) is 4.28. The van der Waals surface area contributed by atoms with Gasteiger partial charge in [0.2, 0.25) is 0 Å². The molecule has 0 spiro atoms. The molecule has 1 amide bonds. The highest BCUT2D eigenvalue weighted by Crippen LogP contribution is 2.21. The number of amides is 1. The number of rotatable bonds is 3. The maximum atomic E-state index is 13.9. The van der Waals surface area contributed by atoms with Crippen LogP contribution in [0, 0.1) is 12.7 Å². The topological polar surface area (TPSA) is 32.3 Å². The van der Waals surface area contributed by atoms with Crippen molar-refractivity contribution < 1.29 is 9.18 Å². The van der Waals surface area contributed by atoms with Crippen LogP contribution >= 0.6 is 11.6 Å². The summed E-state index contributed by atoms with van der Waals surface area (Å²) < 4.78 is 13.9. The molecular weight excluding hydrogens is 327 g/mol. The zero-order chi connectivity index (χ0) is 17.1. The molecule has 1 atom stereocenters. The van der Waals surface area contributed by atoms with Crippen LogP contribution < -0.4 is 5.32 Å². The van der Waals surface area contributed by atoms with Gasteiger partial charge in [0.1, 0.15) is 5.82 Å².